The molecule has 0 radical (unpaired) electrons. The third-order valence-corrected chi connectivity index (χ3v) is 5.40. The van der Waals surface area contributed by atoms with E-state index < -0.39 is 0 Å². The lowest BCUT2D eigenvalue weighted by molar-refractivity contribution is -0.113. The Morgan fingerprint density at radius 2 is 1.50 bits per heavy atom. The highest BCUT2D eigenvalue weighted by Gasteiger charge is 2.30. The number of benzene rings is 3. The van der Waals surface area contributed by atoms with Crippen LogP contribution < -0.4 is 4.90 Å². The Balaban J connectivity index is 1.84. The highest BCUT2D eigenvalue weighted by atomic mass is 35.5. The van der Waals surface area contributed by atoms with Crippen LogP contribution in [0.5, 0.6) is 0 Å². The van der Waals surface area contributed by atoms with Gasteiger partial charge in [-0.3, -0.25) is 9.69 Å². The fraction of sp³-hybridized carbons (Fsp3) is 0. The maximum atomic E-state index is 13.3. The van der Waals surface area contributed by atoms with E-state index in [1.807, 2.05) is 54.6 Å². The minimum atomic E-state index is -0.132. The molecule has 0 N–H and O–H groups in total. The Morgan fingerprint density at radius 3 is 2.18 bits per heavy atom. The maximum absolute atomic E-state index is 13.3. The number of carbonyl (C=O) groups is 1. The predicted octanol–water partition coefficient (Wildman–Crippen LogP) is 7.12. The number of amides is 1. The zero-order chi connectivity index (χ0) is 19.7. The zero-order valence-corrected chi connectivity index (χ0v) is 16.8. The maximum Gasteiger partial charge on any atom is 0.262 e. The largest absolute Gasteiger partial charge is 0.276 e. The van der Waals surface area contributed by atoms with Gasteiger partial charge in [-0.25, -0.2) is 0 Å². The molecule has 28 heavy (non-hydrogen) atoms. The first-order valence-electron chi connectivity index (χ1n) is 8.57. The van der Waals surface area contributed by atoms with Gasteiger partial charge in [0.2, 0.25) is 0 Å². The SMILES string of the molecule is O=C1/C(=C/c2ccccc2)C=C(c2ccc(Cl)cc2)N1c1ccc(Cl)c(Cl)c1. The van der Waals surface area contributed by atoms with Crippen molar-refractivity contribution in [2.24, 2.45) is 0 Å². The minimum absolute atomic E-state index is 0.132. The Morgan fingerprint density at radius 1 is 0.786 bits per heavy atom. The van der Waals surface area contributed by atoms with Gasteiger partial charge in [-0.15, -0.1) is 0 Å². The monoisotopic (exact) mass is 425 g/mol. The first kappa shape index (κ1) is 18.8. The highest BCUT2D eigenvalue weighted by Crippen LogP contribution is 2.37. The topological polar surface area (TPSA) is 20.3 Å². The average molecular weight is 427 g/mol. The van der Waals surface area contributed by atoms with Crippen LogP contribution in [-0.2, 0) is 4.79 Å². The number of rotatable bonds is 3. The molecule has 0 saturated carbocycles. The summed E-state index contributed by atoms with van der Waals surface area (Å²) < 4.78 is 0. The molecule has 3 aromatic carbocycles. The molecule has 1 heterocycles. The van der Waals surface area contributed by atoms with Crippen LogP contribution in [0.4, 0.5) is 5.69 Å². The van der Waals surface area contributed by atoms with Crippen molar-refractivity contribution in [2.75, 3.05) is 4.90 Å². The van der Waals surface area contributed by atoms with E-state index in [2.05, 4.69) is 0 Å². The van der Waals surface area contributed by atoms with E-state index in [4.69, 9.17) is 34.8 Å². The minimum Gasteiger partial charge on any atom is -0.276 e. The molecule has 4 rings (SSSR count). The van der Waals surface area contributed by atoms with Gasteiger partial charge in [0, 0.05) is 10.6 Å². The first-order chi connectivity index (χ1) is 13.5. The van der Waals surface area contributed by atoms with Gasteiger partial charge in [0.1, 0.15) is 0 Å². The van der Waals surface area contributed by atoms with Gasteiger partial charge in [0.05, 0.1) is 21.4 Å². The second-order valence-electron chi connectivity index (χ2n) is 6.29. The molecule has 0 saturated heterocycles. The summed E-state index contributed by atoms with van der Waals surface area (Å²) in [5.74, 6) is -0.132. The molecular formula is C23H14Cl3NO. The second kappa shape index (κ2) is 7.84. The number of anilines is 1. The third kappa shape index (κ3) is 3.72. The Kier molecular flexibility index (Phi) is 5.27. The van der Waals surface area contributed by atoms with E-state index in [-0.39, 0.29) is 5.91 Å². The van der Waals surface area contributed by atoms with Crippen molar-refractivity contribution in [3.05, 3.63) is 111 Å². The van der Waals surface area contributed by atoms with E-state index in [0.717, 1.165) is 16.8 Å². The van der Waals surface area contributed by atoms with Gasteiger partial charge in [-0.1, -0.05) is 77.3 Å². The molecule has 0 bridgehead atoms. The summed E-state index contributed by atoms with van der Waals surface area (Å²) >= 11 is 18.3. The zero-order valence-electron chi connectivity index (χ0n) is 14.6. The van der Waals surface area contributed by atoms with Crippen molar-refractivity contribution in [1.29, 1.82) is 0 Å². The van der Waals surface area contributed by atoms with E-state index in [1.165, 1.54) is 0 Å². The van der Waals surface area contributed by atoms with Crippen LogP contribution in [0.3, 0.4) is 0 Å². The van der Waals surface area contributed by atoms with E-state index in [0.29, 0.717) is 26.3 Å². The first-order valence-corrected chi connectivity index (χ1v) is 9.70. The van der Waals surface area contributed by atoms with Crippen molar-refractivity contribution in [1.82, 2.24) is 0 Å². The molecule has 1 amide bonds. The molecule has 0 spiro atoms. The molecule has 138 valence electrons. The van der Waals surface area contributed by atoms with Crippen LogP contribution >= 0.6 is 34.8 Å². The van der Waals surface area contributed by atoms with Crippen molar-refractivity contribution < 1.29 is 4.79 Å². The van der Waals surface area contributed by atoms with Gasteiger partial charge in [0.25, 0.3) is 5.91 Å². The summed E-state index contributed by atoms with van der Waals surface area (Å²) in [5, 5.41) is 1.46. The lowest BCUT2D eigenvalue weighted by atomic mass is 10.1. The summed E-state index contributed by atoms with van der Waals surface area (Å²) in [5.41, 5.74) is 3.82. The quantitative estimate of drug-likeness (QED) is 0.408. The van der Waals surface area contributed by atoms with E-state index in [9.17, 15) is 4.79 Å². The number of hydrogen-bond acceptors (Lipinski definition) is 1. The van der Waals surface area contributed by atoms with Gasteiger partial charge >= 0.3 is 0 Å². The van der Waals surface area contributed by atoms with Crippen molar-refractivity contribution in [3.8, 4) is 0 Å². The molecule has 1 aliphatic heterocycles. The molecular weight excluding hydrogens is 413 g/mol. The summed E-state index contributed by atoms with van der Waals surface area (Å²) in [6.07, 6.45) is 3.75. The van der Waals surface area contributed by atoms with Gasteiger partial charge < -0.3 is 0 Å². The van der Waals surface area contributed by atoms with Gasteiger partial charge in [0.15, 0.2) is 0 Å². The van der Waals surface area contributed by atoms with E-state index in [1.54, 1.807) is 35.2 Å². The Labute approximate surface area is 178 Å². The van der Waals surface area contributed by atoms with Gasteiger partial charge in [-0.05, 0) is 53.6 Å². The molecule has 0 unspecified atom stereocenters. The van der Waals surface area contributed by atoms with E-state index >= 15 is 0 Å². The molecule has 0 aliphatic carbocycles. The van der Waals surface area contributed by atoms with Crippen molar-refractivity contribution >= 4 is 58.2 Å². The lowest BCUT2D eigenvalue weighted by Gasteiger charge is -2.21. The second-order valence-corrected chi connectivity index (χ2v) is 7.54. The van der Waals surface area contributed by atoms with Crippen LogP contribution in [-0.4, -0.2) is 5.91 Å². The summed E-state index contributed by atoms with van der Waals surface area (Å²) in [7, 11) is 0. The lowest BCUT2D eigenvalue weighted by Crippen LogP contribution is -2.24. The van der Waals surface area contributed by atoms with Gasteiger partial charge in [-0.2, -0.15) is 0 Å². The van der Waals surface area contributed by atoms with Crippen molar-refractivity contribution in [3.63, 3.8) is 0 Å². The molecule has 1 aliphatic rings. The van der Waals surface area contributed by atoms with Crippen LogP contribution in [0, 0.1) is 0 Å². The van der Waals surface area contributed by atoms with Crippen LogP contribution in [0.15, 0.2) is 84.4 Å². The normalized spacial score (nSPS) is 15.2. The number of nitrogens with zero attached hydrogens (tertiary/aromatic N) is 1. The number of carbonyl (C=O) groups excluding carboxylic acids is 1. The number of halogens is 3. The number of hydrogen-bond donors (Lipinski definition) is 0. The Hall–Kier alpha value is -2.52. The molecule has 5 heteroatoms. The summed E-state index contributed by atoms with van der Waals surface area (Å²) in [6, 6.07) is 22.3. The smallest absolute Gasteiger partial charge is 0.262 e. The fourth-order valence-corrected chi connectivity index (χ4v) is 3.48. The van der Waals surface area contributed by atoms with Crippen LogP contribution in [0.25, 0.3) is 11.8 Å². The molecule has 0 atom stereocenters. The fourth-order valence-electron chi connectivity index (χ4n) is 3.06. The molecule has 2 nitrogen and oxygen atoms in total. The molecule has 0 aromatic heterocycles. The standard InChI is InChI=1S/C23H14Cl3NO/c24-18-8-6-16(7-9-18)22-13-17(12-15-4-2-1-3-5-15)23(28)27(22)19-10-11-20(25)21(26)14-19/h1-14H/b17-12+. The third-order valence-electron chi connectivity index (χ3n) is 4.41. The molecule has 0 fully saturated rings. The summed E-state index contributed by atoms with van der Waals surface area (Å²) in [4.78, 5) is 14.9. The van der Waals surface area contributed by atoms with Crippen LogP contribution in [0.2, 0.25) is 15.1 Å². The molecule has 3 aromatic rings. The summed E-state index contributed by atoms with van der Waals surface area (Å²) in [6.45, 7) is 0. The predicted molar refractivity (Wildman–Crippen MR) is 118 cm³/mol. The van der Waals surface area contributed by atoms with Crippen LogP contribution in [0.1, 0.15) is 11.1 Å². The average Bonchev–Trinajstić information content (AvgIpc) is 3.02. The Bertz CT molecular complexity index is 1100. The highest BCUT2D eigenvalue weighted by molar-refractivity contribution is 6.42. The van der Waals surface area contributed by atoms with Crippen molar-refractivity contribution in [2.45, 2.75) is 0 Å².